The molecule has 1 aliphatic heterocycles. The lowest BCUT2D eigenvalue weighted by Gasteiger charge is -2.37. The van der Waals surface area contributed by atoms with Gasteiger partial charge in [0.2, 0.25) is 0 Å². The number of fused-ring (bicyclic) bond motifs is 1. The predicted molar refractivity (Wildman–Crippen MR) is 188 cm³/mol. The Morgan fingerprint density at radius 3 is 2.13 bits per heavy atom. The number of aromatic nitrogens is 1. The number of alkyl halides is 3. The fourth-order valence-corrected chi connectivity index (χ4v) is 6.38. The Balaban J connectivity index is 1.32. The Bertz CT molecular complexity index is 2050. The molecular formula is C39H35F3N3O8-. The number of methoxy groups -OCH3 is 2. The maximum Gasteiger partial charge on any atom is 0.471 e. The van der Waals surface area contributed by atoms with Crippen LogP contribution in [0, 0.1) is 17.0 Å². The van der Waals surface area contributed by atoms with E-state index in [9.17, 15) is 33.5 Å². The molecule has 53 heavy (non-hydrogen) atoms. The Kier molecular flexibility index (Phi) is 10.9. The Morgan fingerprint density at radius 2 is 1.57 bits per heavy atom. The van der Waals surface area contributed by atoms with Crippen molar-refractivity contribution in [2.45, 2.75) is 36.6 Å². The van der Waals surface area contributed by atoms with Crippen LogP contribution in [0.4, 0.5) is 18.9 Å². The van der Waals surface area contributed by atoms with Crippen molar-refractivity contribution in [3.63, 3.8) is 0 Å². The fraction of sp³-hybridized carbons (Fsp3) is 0.256. The standard InChI is InChI=1S/C39H35F3N3O8/c1-50-30-15-10-27(11-16-30)38(26-8-4-3-5-9-26,28-12-17-31(51-2)18-13-28)52-24-35-34(46)22-36(53-35)44-23-25(7-6-20-43-37(47)39(40,41)42)32-21-29(45(48)49)14-19-33(32)44/h3-5,8-19,21,23,34-36,46,48H,20,22,24H2,1-2H3,(H,43,47)/q-1. The van der Waals surface area contributed by atoms with Gasteiger partial charge in [-0.25, -0.2) is 0 Å². The summed E-state index contributed by atoms with van der Waals surface area (Å²) in [7, 11) is 3.17. The third kappa shape index (κ3) is 7.80. The second kappa shape index (κ2) is 15.6. The quantitative estimate of drug-likeness (QED) is 0.0844. The molecule has 1 fully saturated rings. The minimum absolute atomic E-state index is 0.0603. The second-order valence-corrected chi connectivity index (χ2v) is 12.2. The van der Waals surface area contributed by atoms with E-state index in [-0.39, 0.29) is 29.5 Å². The highest BCUT2D eigenvalue weighted by Gasteiger charge is 2.42. The number of nitrogens with one attached hydrogen (secondary N) is 1. The van der Waals surface area contributed by atoms with E-state index in [4.69, 9.17) is 18.9 Å². The molecule has 3 N–H and O–H groups in total. The molecule has 0 saturated carbocycles. The van der Waals surface area contributed by atoms with Crippen LogP contribution >= 0.6 is 0 Å². The van der Waals surface area contributed by atoms with Gasteiger partial charge in [0.05, 0.1) is 50.2 Å². The summed E-state index contributed by atoms with van der Waals surface area (Å²) in [5, 5.41) is 34.3. The lowest BCUT2D eigenvalue weighted by atomic mass is 9.80. The highest BCUT2D eigenvalue weighted by molar-refractivity contribution is 5.90. The van der Waals surface area contributed by atoms with Crippen molar-refractivity contribution in [1.82, 2.24) is 9.88 Å². The predicted octanol–water partition coefficient (Wildman–Crippen LogP) is 6.04. The first-order valence-corrected chi connectivity index (χ1v) is 16.4. The maximum absolute atomic E-state index is 12.6. The number of ether oxygens (including phenoxy) is 4. The number of rotatable bonds is 11. The molecule has 1 aliphatic rings. The van der Waals surface area contributed by atoms with Crippen LogP contribution in [0.3, 0.4) is 0 Å². The molecule has 3 atom stereocenters. The summed E-state index contributed by atoms with van der Waals surface area (Å²) >= 11 is 0. The molecule has 6 rings (SSSR count). The smallest absolute Gasteiger partial charge is 0.471 e. The van der Waals surface area contributed by atoms with E-state index in [0.29, 0.717) is 22.4 Å². The van der Waals surface area contributed by atoms with E-state index in [1.54, 1.807) is 36.4 Å². The number of anilines is 1. The zero-order valence-corrected chi connectivity index (χ0v) is 28.5. The van der Waals surface area contributed by atoms with E-state index < -0.39 is 42.7 Å². The van der Waals surface area contributed by atoms with Crippen molar-refractivity contribution >= 4 is 22.5 Å². The van der Waals surface area contributed by atoms with Crippen molar-refractivity contribution in [2.75, 3.05) is 32.6 Å². The number of aliphatic hydroxyl groups excluding tert-OH is 1. The van der Waals surface area contributed by atoms with Gasteiger partial charge in [-0.05, 0) is 59.2 Å². The van der Waals surface area contributed by atoms with Gasteiger partial charge in [-0.15, -0.1) is 0 Å². The lowest BCUT2D eigenvalue weighted by Crippen LogP contribution is -2.38. The summed E-state index contributed by atoms with van der Waals surface area (Å²) in [6, 6.07) is 28.9. The van der Waals surface area contributed by atoms with Gasteiger partial charge in [-0.3, -0.25) is 10.0 Å². The van der Waals surface area contributed by atoms with Gasteiger partial charge in [0, 0.05) is 18.0 Å². The minimum atomic E-state index is -5.06. The minimum Gasteiger partial charge on any atom is -0.733 e. The lowest BCUT2D eigenvalue weighted by molar-refractivity contribution is -0.173. The molecule has 5 aromatic rings. The molecule has 276 valence electrons. The first-order chi connectivity index (χ1) is 25.4. The monoisotopic (exact) mass is 730 g/mol. The van der Waals surface area contributed by atoms with Crippen LogP contribution in [0.2, 0.25) is 0 Å². The first kappa shape index (κ1) is 37.2. The van der Waals surface area contributed by atoms with Crippen LogP contribution in [0.25, 0.3) is 10.9 Å². The van der Waals surface area contributed by atoms with E-state index in [0.717, 1.165) is 16.7 Å². The first-order valence-electron chi connectivity index (χ1n) is 16.4. The van der Waals surface area contributed by atoms with E-state index in [2.05, 4.69) is 11.8 Å². The molecule has 14 heteroatoms. The highest BCUT2D eigenvalue weighted by Crippen LogP contribution is 2.43. The van der Waals surface area contributed by atoms with Crippen LogP contribution in [0.5, 0.6) is 11.5 Å². The van der Waals surface area contributed by atoms with E-state index >= 15 is 0 Å². The number of benzene rings is 4. The van der Waals surface area contributed by atoms with Crippen LogP contribution < -0.4 is 20.0 Å². The van der Waals surface area contributed by atoms with Gasteiger partial charge in [-0.2, -0.15) is 13.2 Å². The normalized spacial score (nSPS) is 17.2. The van der Waals surface area contributed by atoms with Crippen molar-refractivity contribution in [3.05, 3.63) is 131 Å². The number of aliphatic hydroxyl groups is 1. The van der Waals surface area contributed by atoms with Gasteiger partial charge >= 0.3 is 12.1 Å². The van der Waals surface area contributed by atoms with Crippen LogP contribution in [-0.4, -0.2) is 66.5 Å². The van der Waals surface area contributed by atoms with E-state index in [1.807, 2.05) is 78.9 Å². The molecular weight excluding hydrogens is 695 g/mol. The summed E-state index contributed by atoms with van der Waals surface area (Å²) < 4.78 is 63.8. The average molecular weight is 731 g/mol. The Hall–Kier alpha value is -5.56. The number of nitrogens with zero attached hydrogens (tertiary/aromatic N) is 2. The summed E-state index contributed by atoms with van der Waals surface area (Å²) in [6.07, 6.45) is -5.92. The fourth-order valence-electron chi connectivity index (χ4n) is 6.38. The van der Waals surface area contributed by atoms with Crippen LogP contribution in [0.1, 0.15) is 34.9 Å². The zero-order valence-electron chi connectivity index (χ0n) is 28.5. The summed E-state index contributed by atoms with van der Waals surface area (Å²) in [5.41, 5.74) is 1.90. The number of amides is 1. The topological polar surface area (TPSA) is 138 Å². The molecule has 1 aromatic heterocycles. The average Bonchev–Trinajstić information content (AvgIpc) is 3.73. The maximum atomic E-state index is 12.6. The third-order valence-corrected chi connectivity index (χ3v) is 9.01. The van der Waals surface area contributed by atoms with Crippen molar-refractivity contribution in [2.24, 2.45) is 0 Å². The molecule has 1 amide bonds. The van der Waals surface area contributed by atoms with Crippen molar-refractivity contribution in [1.29, 1.82) is 0 Å². The van der Waals surface area contributed by atoms with E-state index in [1.165, 1.54) is 12.1 Å². The largest absolute Gasteiger partial charge is 0.733 e. The van der Waals surface area contributed by atoms with Gasteiger partial charge < -0.3 is 44.4 Å². The molecule has 2 heterocycles. The second-order valence-electron chi connectivity index (χ2n) is 12.2. The molecule has 0 spiro atoms. The summed E-state index contributed by atoms with van der Waals surface area (Å²) in [6.45, 7) is -0.656. The van der Waals surface area contributed by atoms with Gasteiger partial charge in [0.25, 0.3) is 0 Å². The number of hydrogen-bond donors (Lipinski definition) is 3. The number of carbonyl (C=O) groups excluding carboxylic acids is 1. The van der Waals surface area contributed by atoms with Crippen molar-refractivity contribution in [3.8, 4) is 23.3 Å². The Labute approximate surface area is 302 Å². The molecule has 4 aromatic carbocycles. The van der Waals surface area contributed by atoms with Gasteiger partial charge in [-0.1, -0.05) is 66.4 Å². The highest BCUT2D eigenvalue weighted by atomic mass is 19.4. The molecule has 3 unspecified atom stereocenters. The Morgan fingerprint density at radius 1 is 0.962 bits per heavy atom. The summed E-state index contributed by atoms with van der Waals surface area (Å²) in [4.78, 5) is 11.2. The molecule has 0 aliphatic carbocycles. The third-order valence-electron chi connectivity index (χ3n) is 9.01. The number of halogens is 3. The molecule has 11 nitrogen and oxygen atoms in total. The molecule has 0 bridgehead atoms. The van der Waals surface area contributed by atoms with Gasteiger partial charge in [0.15, 0.2) is 0 Å². The van der Waals surface area contributed by atoms with Crippen LogP contribution in [0.15, 0.2) is 103 Å². The molecule has 0 radical (unpaired) electrons. The van der Waals surface area contributed by atoms with Gasteiger partial charge in [0.1, 0.15) is 29.4 Å². The SMILES string of the molecule is COc1ccc(C(OCC2OC(n3cc(C#CCNC(=O)C(F)(F)F)c4cc(N([O-])O)ccc43)CC2O)(c2ccccc2)c2ccc(OC)cc2)cc1. The van der Waals surface area contributed by atoms with Crippen LogP contribution in [-0.2, 0) is 19.9 Å². The summed E-state index contributed by atoms with van der Waals surface area (Å²) in [5.74, 6) is 4.40. The zero-order chi connectivity index (χ0) is 37.8. The number of carbonyl (C=O) groups is 1. The number of hydrogen-bond acceptors (Lipinski definition) is 9. The van der Waals surface area contributed by atoms with Crippen molar-refractivity contribution < 1.29 is 47.2 Å². The molecule has 1 saturated heterocycles.